The third-order valence-corrected chi connectivity index (χ3v) is 3.95. The largest absolute Gasteiger partial charge is 0.476 e. The molecule has 1 aromatic carbocycles. The van der Waals surface area contributed by atoms with Crippen molar-refractivity contribution < 1.29 is 19.4 Å². The molecule has 1 saturated heterocycles. The predicted octanol–water partition coefficient (Wildman–Crippen LogP) is 1.28. The van der Waals surface area contributed by atoms with Gasteiger partial charge in [0.1, 0.15) is 12.6 Å². The van der Waals surface area contributed by atoms with Crippen molar-refractivity contribution in [2.75, 3.05) is 6.61 Å². The van der Waals surface area contributed by atoms with Gasteiger partial charge in [0.2, 0.25) is 5.91 Å². The van der Waals surface area contributed by atoms with Crippen molar-refractivity contribution in [1.82, 2.24) is 20.3 Å². The summed E-state index contributed by atoms with van der Waals surface area (Å²) in [5, 5.41) is 19.4. The second-order valence-corrected chi connectivity index (χ2v) is 5.85. The van der Waals surface area contributed by atoms with Gasteiger partial charge in [0.05, 0.1) is 12.2 Å². The monoisotopic (exact) mass is 350 g/mol. The number of rotatable bonds is 5. The van der Waals surface area contributed by atoms with E-state index in [1.165, 1.54) is 10.9 Å². The molecular weight excluding hydrogens is 336 g/mol. The topological polar surface area (TPSA) is 106 Å². The number of benzene rings is 1. The van der Waals surface area contributed by atoms with Crippen molar-refractivity contribution in [2.24, 2.45) is 0 Å². The average molecular weight is 351 g/mol. The number of carbonyl (C=O) groups is 2. The Kier molecular flexibility index (Phi) is 4.77. The lowest BCUT2D eigenvalue weighted by molar-refractivity contribution is -0.123. The number of aromatic nitrogens is 3. The van der Waals surface area contributed by atoms with Gasteiger partial charge in [0.25, 0.3) is 0 Å². The van der Waals surface area contributed by atoms with Crippen molar-refractivity contribution in [2.45, 2.75) is 25.1 Å². The zero-order chi connectivity index (χ0) is 17.1. The fourth-order valence-corrected chi connectivity index (χ4v) is 2.72. The molecule has 2 atom stereocenters. The maximum Gasteiger partial charge on any atom is 0.358 e. The van der Waals surface area contributed by atoms with Crippen LogP contribution in [-0.4, -0.2) is 44.6 Å². The first-order chi connectivity index (χ1) is 11.5. The standard InChI is InChI=1S/C15H15ClN4O4/c16-10-3-1-9(2-4-10)14-11(5-6-24-14)17-13(21)8-20-7-12(15(22)23)18-19-20/h1-4,7,11,14H,5-6,8H2,(H,17,21)(H,22,23). The van der Waals surface area contributed by atoms with Gasteiger partial charge in [0, 0.05) is 11.6 Å². The normalized spacial score (nSPS) is 20.0. The highest BCUT2D eigenvalue weighted by Gasteiger charge is 2.31. The van der Waals surface area contributed by atoms with Crippen LogP contribution >= 0.6 is 11.6 Å². The van der Waals surface area contributed by atoms with E-state index in [1.54, 1.807) is 12.1 Å². The number of nitrogens with one attached hydrogen (secondary N) is 1. The maximum atomic E-state index is 12.2. The van der Waals surface area contributed by atoms with E-state index < -0.39 is 5.97 Å². The summed E-state index contributed by atoms with van der Waals surface area (Å²) in [7, 11) is 0. The number of carbonyl (C=O) groups excluding carboxylic acids is 1. The Morgan fingerprint density at radius 2 is 2.12 bits per heavy atom. The number of hydrogen-bond acceptors (Lipinski definition) is 5. The second kappa shape index (κ2) is 6.98. The van der Waals surface area contributed by atoms with E-state index >= 15 is 0 Å². The highest BCUT2D eigenvalue weighted by atomic mass is 35.5. The van der Waals surface area contributed by atoms with Crippen LogP contribution < -0.4 is 5.32 Å². The number of ether oxygens (including phenoxy) is 1. The van der Waals surface area contributed by atoms with Gasteiger partial charge in [-0.3, -0.25) is 4.79 Å². The lowest BCUT2D eigenvalue weighted by Crippen LogP contribution is -2.38. The number of halogens is 1. The molecule has 2 heterocycles. The summed E-state index contributed by atoms with van der Waals surface area (Å²) in [6, 6.07) is 7.13. The van der Waals surface area contributed by atoms with E-state index in [4.69, 9.17) is 21.4 Å². The van der Waals surface area contributed by atoms with Crippen LogP contribution in [0, 0.1) is 0 Å². The quantitative estimate of drug-likeness (QED) is 0.841. The van der Waals surface area contributed by atoms with Gasteiger partial charge in [-0.05, 0) is 24.1 Å². The number of carboxylic acids is 1. The number of hydrogen-bond donors (Lipinski definition) is 2. The Bertz CT molecular complexity index is 746. The SMILES string of the molecule is O=C(Cn1cc(C(=O)O)nn1)NC1CCOC1c1ccc(Cl)cc1. The van der Waals surface area contributed by atoms with Crippen LogP contribution in [0.1, 0.15) is 28.6 Å². The molecule has 0 saturated carbocycles. The molecule has 2 aromatic rings. The molecule has 1 aliphatic heterocycles. The highest BCUT2D eigenvalue weighted by Crippen LogP contribution is 2.29. The molecule has 0 spiro atoms. The van der Waals surface area contributed by atoms with Crippen LogP contribution in [0.5, 0.6) is 0 Å². The number of amides is 1. The van der Waals surface area contributed by atoms with Gasteiger partial charge in [0.15, 0.2) is 5.69 Å². The minimum absolute atomic E-state index is 0.107. The Labute approximate surface area is 142 Å². The average Bonchev–Trinajstić information content (AvgIpc) is 3.17. The van der Waals surface area contributed by atoms with Gasteiger partial charge in [-0.15, -0.1) is 5.10 Å². The van der Waals surface area contributed by atoms with Crippen molar-refractivity contribution in [3.05, 3.63) is 46.7 Å². The van der Waals surface area contributed by atoms with Crippen LogP contribution in [0.3, 0.4) is 0 Å². The fourth-order valence-electron chi connectivity index (χ4n) is 2.59. The van der Waals surface area contributed by atoms with E-state index in [2.05, 4.69) is 15.6 Å². The molecule has 1 aromatic heterocycles. The lowest BCUT2D eigenvalue weighted by Gasteiger charge is -2.20. The lowest BCUT2D eigenvalue weighted by atomic mass is 10.0. The highest BCUT2D eigenvalue weighted by molar-refractivity contribution is 6.30. The third-order valence-electron chi connectivity index (χ3n) is 3.70. The minimum Gasteiger partial charge on any atom is -0.476 e. The first-order valence-corrected chi connectivity index (χ1v) is 7.70. The number of nitrogens with zero attached hydrogens (tertiary/aromatic N) is 3. The molecule has 9 heteroatoms. The van der Waals surface area contributed by atoms with Crippen molar-refractivity contribution in [1.29, 1.82) is 0 Å². The summed E-state index contributed by atoms with van der Waals surface area (Å²) in [5.74, 6) is -1.47. The Morgan fingerprint density at radius 1 is 1.38 bits per heavy atom. The minimum atomic E-state index is -1.19. The molecule has 24 heavy (non-hydrogen) atoms. The van der Waals surface area contributed by atoms with Crippen molar-refractivity contribution >= 4 is 23.5 Å². The van der Waals surface area contributed by atoms with Crippen molar-refractivity contribution in [3.8, 4) is 0 Å². The summed E-state index contributed by atoms with van der Waals surface area (Å²) in [5.41, 5.74) is 0.738. The van der Waals surface area contributed by atoms with E-state index in [1.807, 2.05) is 12.1 Å². The van der Waals surface area contributed by atoms with Crippen LogP contribution in [0.2, 0.25) is 5.02 Å². The molecule has 8 nitrogen and oxygen atoms in total. The van der Waals surface area contributed by atoms with E-state index in [0.717, 1.165) is 5.56 Å². The van der Waals surface area contributed by atoms with Gasteiger partial charge >= 0.3 is 5.97 Å². The van der Waals surface area contributed by atoms with Gasteiger partial charge < -0.3 is 15.2 Å². The summed E-state index contributed by atoms with van der Waals surface area (Å²) >= 11 is 5.89. The molecule has 3 rings (SSSR count). The molecule has 1 aliphatic rings. The van der Waals surface area contributed by atoms with E-state index in [-0.39, 0.29) is 30.3 Å². The van der Waals surface area contributed by atoms with Crippen LogP contribution in [0.4, 0.5) is 0 Å². The first-order valence-electron chi connectivity index (χ1n) is 7.33. The van der Waals surface area contributed by atoms with Crippen LogP contribution in [0.25, 0.3) is 0 Å². The molecule has 0 aliphatic carbocycles. The van der Waals surface area contributed by atoms with Gasteiger partial charge in [-0.1, -0.05) is 28.9 Å². The van der Waals surface area contributed by atoms with Gasteiger partial charge in [-0.25, -0.2) is 9.48 Å². The third kappa shape index (κ3) is 3.72. The Morgan fingerprint density at radius 3 is 2.79 bits per heavy atom. The Balaban J connectivity index is 1.62. The molecule has 0 radical (unpaired) electrons. The summed E-state index contributed by atoms with van der Waals surface area (Å²) < 4.78 is 6.89. The smallest absolute Gasteiger partial charge is 0.358 e. The Hall–Kier alpha value is -2.45. The molecule has 2 N–H and O–H groups in total. The van der Waals surface area contributed by atoms with Crippen molar-refractivity contribution in [3.63, 3.8) is 0 Å². The molecule has 1 amide bonds. The van der Waals surface area contributed by atoms with Crippen LogP contribution in [-0.2, 0) is 16.1 Å². The molecule has 1 fully saturated rings. The first kappa shape index (κ1) is 16.4. The number of carboxylic acid groups (broad SMARTS) is 1. The van der Waals surface area contributed by atoms with E-state index in [0.29, 0.717) is 18.1 Å². The van der Waals surface area contributed by atoms with Gasteiger partial charge in [-0.2, -0.15) is 0 Å². The maximum absolute atomic E-state index is 12.2. The van der Waals surface area contributed by atoms with Crippen LogP contribution in [0.15, 0.2) is 30.5 Å². The summed E-state index contributed by atoms with van der Waals surface area (Å²) in [4.78, 5) is 22.9. The van der Waals surface area contributed by atoms with E-state index in [9.17, 15) is 9.59 Å². The second-order valence-electron chi connectivity index (χ2n) is 5.41. The molecule has 0 bridgehead atoms. The molecular formula is C15H15ClN4O4. The zero-order valence-electron chi connectivity index (χ0n) is 12.6. The zero-order valence-corrected chi connectivity index (χ0v) is 13.3. The molecule has 126 valence electrons. The molecule has 2 unspecified atom stereocenters. The fraction of sp³-hybridized carbons (Fsp3) is 0.333. The summed E-state index contributed by atoms with van der Waals surface area (Å²) in [6.07, 6.45) is 1.66. The number of aromatic carboxylic acids is 1. The predicted molar refractivity (Wildman–Crippen MR) is 83.7 cm³/mol. The summed E-state index contributed by atoms with van der Waals surface area (Å²) in [6.45, 7) is 0.439.